The van der Waals surface area contributed by atoms with E-state index in [0.29, 0.717) is 6.61 Å². The number of carbonyl (C=O) groups excluding carboxylic acids is 2. The van der Waals surface area contributed by atoms with Crippen LogP contribution in [-0.4, -0.2) is 16.8 Å². The Morgan fingerprint density at radius 2 is 1.58 bits per heavy atom. The number of hydrogen-bond donors (Lipinski definition) is 1. The topological polar surface area (TPSA) is 58.6 Å². The highest BCUT2D eigenvalue weighted by Crippen LogP contribution is 2.31. The van der Waals surface area contributed by atoms with Gasteiger partial charge in [-0.1, -0.05) is 57.9 Å². The third kappa shape index (κ3) is 5.96. The second-order valence-electron chi connectivity index (χ2n) is 7.59. The molecule has 0 unspecified atom stereocenters. The van der Waals surface area contributed by atoms with E-state index in [9.17, 15) is 9.59 Å². The van der Waals surface area contributed by atoms with Crippen LogP contribution < -0.4 is 10.1 Å². The lowest BCUT2D eigenvalue weighted by molar-refractivity contribution is -0.123. The highest BCUT2D eigenvalue weighted by Gasteiger charge is 2.33. The van der Waals surface area contributed by atoms with Gasteiger partial charge in [0, 0.05) is 4.47 Å². The molecule has 3 amide bonds. The predicted molar refractivity (Wildman–Crippen MR) is 149 cm³/mol. The molecule has 0 aromatic heterocycles. The van der Waals surface area contributed by atoms with Gasteiger partial charge in [-0.3, -0.25) is 9.69 Å². The molecule has 33 heavy (non-hydrogen) atoms. The number of ether oxygens (including phenoxy) is 1. The van der Waals surface area contributed by atoms with Gasteiger partial charge in [0.15, 0.2) is 0 Å². The van der Waals surface area contributed by atoms with Crippen LogP contribution in [0.3, 0.4) is 0 Å². The maximum Gasteiger partial charge on any atom is 0.329 e. The number of carbonyl (C=O) groups is 2. The van der Waals surface area contributed by atoms with Crippen LogP contribution in [0.4, 0.5) is 4.79 Å². The second-order valence-corrected chi connectivity index (χ2v) is 10.8. The van der Waals surface area contributed by atoms with Crippen LogP contribution in [0.5, 0.6) is 5.75 Å². The Morgan fingerprint density at radius 1 is 0.970 bits per heavy atom. The molecular weight excluding hydrogens is 710 g/mol. The molecular formula is C25H19BrI2N2O3. The molecule has 168 valence electrons. The molecule has 0 atom stereocenters. The highest BCUT2D eigenvalue weighted by molar-refractivity contribution is 14.1. The number of nitrogens with one attached hydrogen (secondary N) is 1. The van der Waals surface area contributed by atoms with Crippen molar-refractivity contribution in [3.63, 3.8) is 0 Å². The number of nitrogens with zero attached hydrogens (tertiary/aromatic N) is 1. The summed E-state index contributed by atoms with van der Waals surface area (Å²) in [7, 11) is 0. The van der Waals surface area contributed by atoms with Crippen LogP contribution in [0, 0.1) is 14.1 Å². The van der Waals surface area contributed by atoms with E-state index in [-0.39, 0.29) is 18.1 Å². The zero-order valence-corrected chi connectivity index (χ0v) is 23.5. The summed E-state index contributed by atoms with van der Waals surface area (Å²) in [5, 5.41) is 2.70. The molecule has 1 heterocycles. The molecule has 3 aromatic carbocycles. The number of urea groups is 1. The van der Waals surface area contributed by atoms with E-state index in [4.69, 9.17) is 4.74 Å². The Labute approximate surface area is 228 Å². The Kier molecular flexibility index (Phi) is 7.75. The Bertz CT molecular complexity index is 1220. The standard InChI is InChI=1S/C25H19BrI2N2O3/c1-15-2-4-16(5-3-15)13-30-24(31)22(29-25(30)32)12-18-10-20(27)23(21(28)11-18)33-14-17-6-8-19(26)9-7-17/h2-12H,13-14H2,1H3,(H,29,32)/b22-12+. The first-order valence-corrected chi connectivity index (χ1v) is 13.0. The molecule has 1 fully saturated rings. The largest absolute Gasteiger partial charge is 0.487 e. The molecule has 1 N–H and O–H groups in total. The van der Waals surface area contributed by atoms with E-state index in [0.717, 1.165) is 39.6 Å². The molecule has 1 saturated heterocycles. The fraction of sp³-hybridized carbons (Fsp3) is 0.120. The highest BCUT2D eigenvalue weighted by atomic mass is 127. The second kappa shape index (κ2) is 10.6. The molecule has 1 aliphatic rings. The summed E-state index contributed by atoms with van der Waals surface area (Å²) in [5.74, 6) is 0.463. The van der Waals surface area contributed by atoms with Crippen molar-refractivity contribution < 1.29 is 14.3 Å². The SMILES string of the molecule is Cc1ccc(CN2C(=O)N/C(=C/c3cc(I)c(OCc4ccc(Br)cc4)c(I)c3)C2=O)cc1. The van der Waals surface area contributed by atoms with Crippen LogP contribution in [0.25, 0.3) is 6.08 Å². The van der Waals surface area contributed by atoms with Gasteiger partial charge >= 0.3 is 6.03 Å². The van der Waals surface area contributed by atoms with Gasteiger partial charge in [-0.2, -0.15) is 0 Å². The third-order valence-corrected chi connectivity index (χ3v) is 7.18. The van der Waals surface area contributed by atoms with E-state index in [1.54, 1.807) is 6.08 Å². The molecule has 0 spiro atoms. The van der Waals surface area contributed by atoms with Crippen molar-refractivity contribution in [1.82, 2.24) is 10.2 Å². The summed E-state index contributed by atoms with van der Waals surface area (Å²) < 4.78 is 8.93. The smallest absolute Gasteiger partial charge is 0.329 e. The molecule has 3 aromatic rings. The maximum absolute atomic E-state index is 12.9. The predicted octanol–water partition coefficient (Wildman–Crippen LogP) is 6.64. The normalized spacial score (nSPS) is 14.7. The monoisotopic (exact) mass is 728 g/mol. The number of halogens is 3. The van der Waals surface area contributed by atoms with Crippen LogP contribution in [-0.2, 0) is 17.9 Å². The van der Waals surface area contributed by atoms with E-state index >= 15 is 0 Å². The van der Waals surface area contributed by atoms with E-state index < -0.39 is 6.03 Å². The summed E-state index contributed by atoms with van der Waals surface area (Å²) in [6.07, 6.45) is 1.71. The number of imide groups is 1. The zero-order chi connectivity index (χ0) is 23.5. The Hall–Kier alpha value is -1.92. The van der Waals surface area contributed by atoms with E-state index in [2.05, 4.69) is 66.4 Å². The maximum atomic E-state index is 12.9. The van der Waals surface area contributed by atoms with Gasteiger partial charge in [0.05, 0.1) is 13.7 Å². The summed E-state index contributed by atoms with van der Waals surface area (Å²) in [6, 6.07) is 19.2. The number of hydrogen-bond acceptors (Lipinski definition) is 3. The molecule has 0 aliphatic carbocycles. The van der Waals surface area contributed by atoms with Gasteiger partial charge in [0.2, 0.25) is 0 Å². The van der Waals surface area contributed by atoms with Crippen molar-refractivity contribution in [3.05, 3.63) is 100 Å². The molecule has 0 radical (unpaired) electrons. The minimum atomic E-state index is -0.411. The third-order valence-electron chi connectivity index (χ3n) is 5.05. The number of amides is 3. The van der Waals surface area contributed by atoms with Gasteiger partial charge in [-0.05, 0) is 99.1 Å². The lowest BCUT2D eigenvalue weighted by Crippen LogP contribution is -2.30. The molecule has 0 bridgehead atoms. The van der Waals surface area contributed by atoms with Crippen molar-refractivity contribution in [2.45, 2.75) is 20.1 Å². The van der Waals surface area contributed by atoms with E-state index in [1.165, 1.54) is 4.90 Å². The van der Waals surface area contributed by atoms with Crippen molar-refractivity contribution in [1.29, 1.82) is 0 Å². The first-order valence-electron chi connectivity index (χ1n) is 10.1. The van der Waals surface area contributed by atoms with Gasteiger partial charge in [0.25, 0.3) is 5.91 Å². The van der Waals surface area contributed by atoms with Gasteiger partial charge in [-0.25, -0.2) is 4.79 Å². The molecule has 1 aliphatic heterocycles. The molecule has 0 saturated carbocycles. The number of benzene rings is 3. The van der Waals surface area contributed by atoms with Crippen LogP contribution in [0.2, 0.25) is 0 Å². The van der Waals surface area contributed by atoms with Crippen LogP contribution >= 0.6 is 61.1 Å². The lowest BCUT2D eigenvalue weighted by atomic mass is 10.1. The zero-order valence-electron chi connectivity index (χ0n) is 17.6. The average Bonchev–Trinajstić information content (AvgIpc) is 3.03. The van der Waals surface area contributed by atoms with Crippen molar-refractivity contribution in [3.8, 4) is 5.75 Å². The van der Waals surface area contributed by atoms with Crippen molar-refractivity contribution >= 4 is 79.1 Å². The Morgan fingerprint density at radius 3 is 2.21 bits per heavy atom. The number of rotatable bonds is 6. The van der Waals surface area contributed by atoms with Gasteiger partial charge < -0.3 is 10.1 Å². The minimum Gasteiger partial charge on any atom is -0.487 e. The fourth-order valence-electron chi connectivity index (χ4n) is 3.29. The summed E-state index contributed by atoms with van der Waals surface area (Å²) >= 11 is 7.89. The van der Waals surface area contributed by atoms with Gasteiger partial charge in [0.1, 0.15) is 18.1 Å². The summed E-state index contributed by atoms with van der Waals surface area (Å²) in [4.78, 5) is 26.5. The van der Waals surface area contributed by atoms with Crippen molar-refractivity contribution in [2.75, 3.05) is 0 Å². The van der Waals surface area contributed by atoms with Crippen molar-refractivity contribution in [2.24, 2.45) is 0 Å². The first-order chi connectivity index (χ1) is 15.8. The fourth-order valence-corrected chi connectivity index (χ4v) is 5.69. The first kappa shape index (κ1) is 24.2. The number of aryl methyl sites for hydroxylation is 1. The van der Waals surface area contributed by atoms with E-state index in [1.807, 2.05) is 67.6 Å². The molecule has 5 nitrogen and oxygen atoms in total. The van der Waals surface area contributed by atoms with Gasteiger partial charge in [-0.15, -0.1) is 0 Å². The lowest BCUT2D eigenvalue weighted by Gasteiger charge is -2.12. The summed E-state index contributed by atoms with van der Waals surface area (Å²) in [6.45, 7) is 2.70. The quantitative estimate of drug-likeness (QED) is 0.176. The van der Waals surface area contributed by atoms with Crippen LogP contribution in [0.15, 0.2) is 70.8 Å². The average molecular weight is 729 g/mol. The Balaban J connectivity index is 1.49. The minimum absolute atomic E-state index is 0.236. The van der Waals surface area contributed by atoms with Crippen LogP contribution in [0.1, 0.15) is 22.3 Å². The molecule has 8 heteroatoms. The summed E-state index contributed by atoms with van der Waals surface area (Å²) in [5.41, 5.74) is 4.19. The molecule has 4 rings (SSSR count).